The lowest BCUT2D eigenvalue weighted by atomic mass is 10.1. The lowest BCUT2D eigenvalue weighted by Crippen LogP contribution is -2.12. The molecule has 78 valence electrons. The zero-order chi connectivity index (χ0) is 10.7. The van der Waals surface area contributed by atoms with Crippen molar-refractivity contribution in [3.05, 3.63) is 21.7 Å². The van der Waals surface area contributed by atoms with Crippen molar-refractivity contribution in [2.75, 3.05) is 7.11 Å². The topological polar surface area (TPSA) is 61.7 Å². The van der Waals surface area contributed by atoms with Crippen molar-refractivity contribution in [2.45, 2.75) is 13.5 Å². The number of aromatic hydroxyl groups is 2. The van der Waals surface area contributed by atoms with Crippen LogP contribution in [0.15, 0.2) is 10.5 Å². The number of hydrogen-bond acceptors (Lipinski definition) is 4. The van der Waals surface area contributed by atoms with Crippen molar-refractivity contribution in [3.8, 4) is 11.5 Å². The van der Waals surface area contributed by atoms with E-state index in [1.54, 1.807) is 0 Å². The third-order valence-corrected chi connectivity index (χ3v) is 2.79. The number of nitrogens with one attached hydrogen (secondary N) is 1. The molecule has 4 nitrogen and oxygen atoms in total. The Kier molecular flexibility index (Phi) is 3.74. The number of aryl methyl sites for hydroxylation is 1. The second-order valence-corrected chi connectivity index (χ2v) is 3.67. The number of halogens is 1. The monoisotopic (exact) mass is 261 g/mol. The number of phenols is 2. The predicted octanol–water partition coefficient (Wildman–Crippen LogP) is 1.82. The smallest absolute Gasteiger partial charge is 0.172 e. The summed E-state index contributed by atoms with van der Waals surface area (Å²) < 4.78 is 0.486. The van der Waals surface area contributed by atoms with Crippen LogP contribution in [-0.2, 0) is 11.4 Å². The molecule has 0 aromatic heterocycles. The highest BCUT2D eigenvalue weighted by Crippen LogP contribution is 2.37. The van der Waals surface area contributed by atoms with Crippen molar-refractivity contribution in [1.82, 2.24) is 5.48 Å². The molecule has 0 aliphatic carbocycles. The largest absolute Gasteiger partial charge is 0.504 e. The molecule has 14 heavy (non-hydrogen) atoms. The van der Waals surface area contributed by atoms with Gasteiger partial charge < -0.3 is 15.1 Å². The summed E-state index contributed by atoms with van der Waals surface area (Å²) in [4.78, 5) is 4.71. The van der Waals surface area contributed by atoms with Crippen LogP contribution in [0.5, 0.6) is 11.5 Å². The summed E-state index contributed by atoms with van der Waals surface area (Å²) in [5, 5.41) is 18.7. The van der Waals surface area contributed by atoms with Gasteiger partial charge in [0.05, 0.1) is 11.6 Å². The van der Waals surface area contributed by atoms with Crippen LogP contribution in [0.25, 0.3) is 0 Å². The highest BCUT2D eigenvalue weighted by atomic mass is 79.9. The van der Waals surface area contributed by atoms with Crippen molar-refractivity contribution >= 4 is 15.9 Å². The Morgan fingerprint density at radius 3 is 2.71 bits per heavy atom. The summed E-state index contributed by atoms with van der Waals surface area (Å²) in [6, 6.07) is 1.51. The zero-order valence-corrected chi connectivity index (χ0v) is 9.55. The highest BCUT2D eigenvalue weighted by molar-refractivity contribution is 9.10. The molecule has 0 atom stereocenters. The first kappa shape index (κ1) is 11.3. The number of hydrogen-bond donors (Lipinski definition) is 3. The van der Waals surface area contributed by atoms with Gasteiger partial charge in [0.25, 0.3) is 0 Å². The van der Waals surface area contributed by atoms with Crippen LogP contribution < -0.4 is 5.48 Å². The lowest BCUT2D eigenvalue weighted by molar-refractivity contribution is 0.0863. The van der Waals surface area contributed by atoms with E-state index in [9.17, 15) is 10.2 Å². The van der Waals surface area contributed by atoms with E-state index in [1.165, 1.54) is 13.2 Å². The molecule has 1 aromatic carbocycles. The fourth-order valence-electron chi connectivity index (χ4n) is 1.15. The molecule has 0 amide bonds. The Morgan fingerprint density at radius 1 is 1.50 bits per heavy atom. The van der Waals surface area contributed by atoms with Crippen molar-refractivity contribution in [2.24, 2.45) is 0 Å². The highest BCUT2D eigenvalue weighted by Gasteiger charge is 2.12. The SMILES string of the molecule is CONCc1c(C)cc(O)c(O)c1Br. The molecule has 1 rings (SSSR count). The summed E-state index contributed by atoms with van der Waals surface area (Å²) in [6.07, 6.45) is 0. The molecular weight excluding hydrogens is 250 g/mol. The first-order chi connectivity index (χ1) is 6.57. The van der Waals surface area contributed by atoms with Crippen LogP contribution in [0.2, 0.25) is 0 Å². The molecule has 0 bridgehead atoms. The Bertz CT molecular complexity index is 341. The zero-order valence-electron chi connectivity index (χ0n) is 7.97. The average molecular weight is 262 g/mol. The van der Waals surface area contributed by atoms with Gasteiger partial charge in [-0.2, -0.15) is 5.48 Å². The van der Waals surface area contributed by atoms with E-state index in [2.05, 4.69) is 21.4 Å². The fourth-order valence-corrected chi connectivity index (χ4v) is 1.81. The minimum atomic E-state index is -0.150. The lowest BCUT2D eigenvalue weighted by Gasteiger charge is -2.11. The molecule has 5 heteroatoms. The maximum Gasteiger partial charge on any atom is 0.172 e. The van der Waals surface area contributed by atoms with Gasteiger partial charge in [0.2, 0.25) is 0 Å². The number of phenolic OH excluding ortho intramolecular Hbond substituents is 2. The van der Waals surface area contributed by atoms with Crippen LogP contribution in [-0.4, -0.2) is 17.3 Å². The van der Waals surface area contributed by atoms with E-state index in [4.69, 9.17) is 4.84 Å². The van der Waals surface area contributed by atoms with Gasteiger partial charge in [-0.1, -0.05) is 0 Å². The summed E-state index contributed by atoms with van der Waals surface area (Å²) >= 11 is 3.21. The van der Waals surface area contributed by atoms with E-state index < -0.39 is 0 Å². The first-order valence-electron chi connectivity index (χ1n) is 4.03. The van der Waals surface area contributed by atoms with Crippen LogP contribution >= 0.6 is 15.9 Å². The predicted molar refractivity (Wildman–Crippen MR) is 56.1 cm³/mol. The van der Waals surface area contributed by atoms with E-state index in [1.807, 2.05) is 6.92 Å². The molecule has 0 aliphatic rings. The number of benzene rings is 1. The van der Waals surface area contributed by atoms with Crippen molar-refractivity contribution in [1.29, 1.82) is 0 Å². The third kappa shape index (κ3) is 2.17. The third-order valence-electron chi connectivity index (χ3n) is 1.94. The van der Waals surface area contributed by atoms with Gasteiger partial charge >= 0.3 is 0 Å². The fraction of sp³-hybridized carbons (Fsp3) is 0.333. The molecule has 0 saturated heterocycles. The molecular formula is C9H12BrNO3. The second kappa shape index (κ2) is 4.63. The normalized spacial score (nSPS) is 10.5. The molecule has 0 aliphatic heterocycles. The van der Waals surface area contributed by atoms with Crippen molar-refractivity contribution in [3.63, 3.8) is 0 Å². The van der Waals surface area contributed by atoms with Crippen LogP contribution in [0.3, 0.4) is 0 Å². The van der Waals surface area contributed by atoms with Crippen molar-refractivity contribution < 1.29 is 15.1 Å². The van der Waals surface area contributed by atoms with Gasteiger partial charge in [0, 0.05) is 6.54 Å². The minimum Gasteiger partial charge on any atom is -0.504 e. The quantitative estimate of drug-likeness (QED) is 0.574. The Labute approximate surface area is 90.6 Å². The Balaban J connectivity index is 3.09. The van der Waals surface area contributed by atoms with Gasteiger partial charge in [-0.15, -0.1) is 0 Å². The van der Waals surface area contributed by atoms with E-state index in [0.29, 0.717) is 11.0 Å². The van der Waals surface area contributed by atoms with Crippen LogP contribution in [0.4, 0.5) is 0 Å². The first-order valence-corrected chi connectivity index (χ1v) is 4.83. The average Bonchev–Trinajstić information content (AvgIpc) is 2.14. The minimum absolute atomic E-state index is 0.129. The molecule has 1 aromatic rings. The number of rotatable bonds is 3. The maximum atomic E-state index is 9.45. The molecule has 0 saturated carbocycles. The van der Waals surface area contributed by atoms with E-state index in [0.717, 1.165) is 11.1 Å². The Morgan fingerprint density at radius 2 is 2.14 bits per heavy atom. The molecule has 0 fully saturated rings. The van der Waals surface area contributed by atoms with Crippen LogP contribution in [0, 0.1) is 6.92 Å². The molecule has 0 heterocycles. The number of hydroxylamine groups is 1. The second-order valence-electron chi connectivity index (χ2n) is 2.88. The molecule has 0 radical (unpaired) electrons. The summed E-state index contributed by atoms with van der Waals surface area (Å²) in [6.45, 7) is 2.30. The molecule has 3 N–H and O–H groups in total. The summed E-state index contributed by atoms with van der Waals surface area (Å²) in [5.74, 6) is -0.279. The molecule has 0 unspecified atom stereocenters. The summed E-state index contributed by atoms with van der Waals surface area (Å²) in [7, 11) is 1.52. The van der Waals surface area contributed by atoms with Gasteiger partial charge in [-0.05, 0) is 40.0 Å². The van der Waals surface area contributed by atoms with Gasteiger partial charge in [-0.25, -0.2) is 0 Å². The van der Waals surface area contributed by atoms with Crippen LogP contribution in [0.1, 0.15) is 11.1 Å². The van der Waals surface area contributed by atoms with Gasteiger partial charge in [0.15, 0.2) is 11.5 Å². The Hall–Kier alpha value is -0.780. The molecule has 0 spiro atoms. The standard InChI is InChI=1S/C9H12BrNO3/c1-5-3-7(12)9(13)8(10)6(5)4-11-14-2/h3,11-13H,4H2,1-2H3. The van der Waals surface area contributed by atoms with E-state index >= 15 is 0 Å². The van der Waals surface area contributed by atoms with E-state index in [-0.39, 0.29) is 11.5 Å². The summed E-state index contributed by atoms with van der Waals surface area (Å²) in [5.41, 5.74) is 4.39. The van der Waals surface area contributed by atoms with Gasteiger partial charge in [0.1, 0.15) is 0 Å². The maximum absolute atomic E-state index is 9.45. The van der Waals surface area contributed by atoms with Gasteiger partial charge in [-0.3, -0.25) is 0 Å².